The van der Waals surface area contributed by atoms with Crippen LogP contribution in [0, 0.1) is 17.5 Å². The maximum atomic E-state index is 13.7. The van der Waals surface area contributed by atoms with Crippen LogP contribution >= 0.6 is 0 Å². The summed E-state index contributed by atoms with van der Waals surface area (Å²) in [7, 11) is 0. The van der Waals surface area contributed by atoms with Crippen LogP contribution in [0.4, 0.5) is 13.2 Å². The van der Waals surface area contributed by atoms with E-state index < -0.39 is 23.0 Å². The zero-order chi connectivity index (χ0) is 14.3. The molecule has 1 N–H and O–H groups in total. The molecule has 0 unspecified atom stereocenters. The van der Waals surface area contributed by atoms with Crippen molar-refractivity contribution in [3.63, 3.8) is 0 Å². The zero-order valence-electron chi connectivity index (χ0n) is 9.95. The van der Waals surface area contributed by atoms with E-state index in [1.54, 1.807) is 6.07 Å². The Kier molecular flexibility index (Phi) is 2.78. The minimum absolute atomic E-state index is 0.0355. The van der Waals surface area contributed by atoms with E-state index in [9.17, 15) is 18.0 Å². The van der Waals surface area contributed by atoms with E-state index in [1.165, 1.54) is 18.2 Å². The summed E-state index contributed by atoms with van der Waals surface area (Å²) in [5.41, 5.74) is -0.616. The van der Waals surface area contributed by atoms with Gasteiger partial charge in [-0.25, -0.2) is 18.2 Å². The summed E-state index contributed by atoms with van der Waals surface area (Å²) < 4.78 is 39.9. The Labute approximate surface area is 110 Å². The maximum Gasteiger partial charge on any atom is 0.259 e. The number of fused-ring (bicyclic) bond motifs is 1. The van der Waals surface area contributed by atoms with Gasteiger partial charge in [-0.05, 0) is 18.2 Å². The molecule has 0 saturated heterocycles. The highest BCUT2D eigenvalue weighted by Crippen LogP contribution is 2.20. The predicted molar refractivity (Wildman–Crippen MR) is 67.7 cm³/mol. The fourth-order valence-corrected chi connectivity index (χ4v) is 1.91. The highest BCUT2D eigenvalue weighted by Gasteiger charge is 2.12. The molecule has 100 valence electrons. The number of halogens is 3. The molecule has 1 aromatic heterocycles. The Bertz CT molecular complexity index is 874. The Morgan fingerprint density at radius 3 is 2.40 bits per heavy atom. The van der Waals surface area contributed by atoms with Crippen molar-refractivity contribution in [3.8, 4) is 11.4 Å². The lowest BCUT2D eigenvalue weighted by Gasteiger charge is -2.04. The van der Waals surface area contributed by atoms with Gasteiger partial charge in [0, 0.05) is 6.07 Å². The number of nitrogens with zero attached hydrogens (tertiary/aromatic N) is 1. The van der Waals surface area contributed by atoms with Crippen molar-refractivity contribution in [1.82, 2.24) is 9.97 Å². The molecule has 0 saturated carbocycles. The lowest BCUT2D eigenvalue weighted by molar-refractivity contribution is 0.510. The molecule has 0 bridgehead atoms. The molecule has 0 atom stereocenters. The third kappa shape index (κ3) is 1.95. The fourth-order valence-electron chi connectivity index (χ4n) is 1.91. The molecule has 2 aromatic carbocycles. The van der Waals surface area contributed by atoms with Gasteiger partial charge in [-0.2, -0.15) is 0 Å². The van der Waals surface area contributed by atoms with E-state index in [-0.39, 0.29) is 22.3 Å². The van der Waals surface area contributed by atoms with E-state index in [4.69, 9.17) is 0 Å². The van der Waals surface area contributed by atoms with Crippen molar-refractivity contribution in [2.24, 2.45) is 0 Å². The summed E-state index contributed by atoms with van der Waals surface area (Å²) >= 11 is 0. The van der Waals surface area contributed by atoms with Crippen molar-refractivity contribution in [3.05, 3.63) is 64.2 Å². The molecule has 0 aliphatic rings. The first-order valence-electron chi connectivity index (χ1n) is 5.70. The molecule has 1 heterocycles. The zero-order valence-corrected chi connectivity index (χ0v) is 9.95. The summed E-state index contributed by atoms with van der Waals surface area (Å²) in [5, 5.41) is -0.0935. The largest absolute Gasteiger partial charge is 0.306 e. The molecular formula is C14H7F3N2O. The summed E-state index contributed by atoms with van der Waals surface area (Å²) in [6, 6.07) is 7.29. The number of aromatic amines is 1. The predicted octanol–water partition coefficient (Wildman–Crippen LogP) is 3.01. The topological polar surface area (TPSA) is 45.8 Å². The lowest BCUT2D eigenvalue weighted by Crippen LogP contribution is -2.10. The van der Waals surface area contributed by atoms with Crippen LogP contribution < -0.4 is 5.56 Å². The van der Waals surface area contributed by atoms with Crippen LogP contribution in [0.3, 0.4) is 0 Å². The van der Waals surface area contributed by atoms with Crippen LogP contribution in [0.25, 0.3) is 22.3 Å². The van der Waals surface area contributed by atoms with E-state index in [0.717, 1.165) is 12.1 Å². The quantitative estimate of drug-likeness (QED) is 0.742. The van der Waals surface area contributed by atoms with Gasteiger partial charge < -0.3 is 4.98 Å². The molecule has 3 aromatic rings. The van der Waals surface area contributed by atoms with Crippen LogP contribution in [0.1, 0.15) is 0 Å². The third-order valence-corrected chi connectivity index (χ3v) is 2.88. The SMILES string of the molecule is O=c1[nH]c(-c2ccccc2F)nc2cc(F)c(F)cc12. The van der Waals surface area contributed by atoms with Gasteiger partial charge in [0.2, 0.25) is 0 Å². The van der Waals surface area contributed by atoms with Gasteiger partial charge in [-0.1, -0.05) is 12.1 Å². The van der Waals surface area contributed by atoms with Crippen LogP contribution in [0.5, 0.6) is 0 Å². The molecule has 0 aliphatic carbocycles. The monoisotopic (exact) mass is 276 g/mol. The highest BCUT2D eigenvalue weighted by atomic mass is 19.2. The second-order valence-corrected chi connectivity index (χ2v) is 4.18. The Balaban J connectivity index is 2.33. The summed E-state index contributed by atoms with van der Waals surface area (Å²) in [6.07, 6.45) is 0. The molecule has 0 spiro atoms. The number of hydrogen-bond donors (Lipinski definition) is 1. The molecule has 0 radical (unpaired) electrons. The van der Waals surface area contributed by atoms with E-state index >= 15 is 0 Å². The van der Waals surface area contributed by atoms with Crippen molar-refractivity contribution in [2.45, 2.75) is 0 Å². The molecule has 3 nitrogen and oxygen atoms in total. The molecular weight excluding hydrogens is 269 g/mol. The number of H-pyrrole nitrogens is 1. The van der Waals surface area contributed by atoms with Gasteiger partial charge in [0.1, 0.15) is 11.6 Å². The van der Waals surface area contributed by atoms with Crippen LogP contribution in [-0.2, 0) is 0 Å². The first-order valence-corrected chi connectivity index (χ1v) is 5.70. The first kappa shape index (κ1) is 12.4. The Hall–Kier alpha value is -2.63. The number of rotatable bonds is 1. The van der Waals surface area contributed by atoms with Crippen molar-refractivity contribution >= 4 is 10.9 Å². The lowest BCUT2D eigenvalue weighted by atomic mass is 10.1. The molecule has 20 heavy (non-hydrogen) atoms. The molecule has 0 fully saturated rings. The Morgan fingerprint density at radius 1 is 0.950 bits per heavy atom. The molecule has 0 aliphatic heterocycles. The third-order valence-electron chi connectivity index (χ3n) is 2.88. The van der Waals surface area contributed by atoms with Gasteiger partial charge in [0.05, 0.1) is 16.5 Å². The van der Waals surface area contributed by atoms with Gasteiger partial charge in [0.25, 0.3) is 5.56 Å². The van der Waals surface area contributed by atoms with Crippen molar-refractivity contribution in [1.29, 1.82) is 0 Å². The fraction of sp³-hybridized carbons (Fsp3) is 0. The summed E-state index contributed by atoms with van der Waals surface area (Å²) in [4.78, 5) is 18.2. The van der Waals surface area contributed by atoms with Crippen molar-refractivity contribution in [2.75, 3.05) is 0 Å². The normalized spacial score (nSPS) is 10.9. The van der Waals surface area contributed by atoms with Crippen LogP contribution in [-0.4, -0.2) is 9.97 Å². The number of nitrogens with one attached hydrogen (secondary N) is 1. The number of aromatic nitrogens is 2. The van der Waals surface area contributed by atoms with Gasteiger partial charge in [-0.15, -0.1) is 0 Å². The minimum Gasteiger partial charge on any atom is -0.306 e. The van der Waals surface area contributed by atoms with Crippen molar-refractivity contribution < 1.29 is 13.2 Å². The van der Waals surface area contributed by atoms with E-state index in [1.807, 2.05) is 0 Å². The maximum absolute atomic E-state index is 13.7. The van der Waals surface area contributed by atoms with E-state index in [0.29, 0.717) is 0 Å². The van der Waals surface area contributed by atoms with Crippen LogP contribution in [0.2, 0.25) is 0 Å². The molecule has 6 heteroatoms. The molecule has 0 amide bonds. The number of benzene rings is 2. The smallest absolute Gasteiger partial charge is 0.259 e. The molecule has 3 rings (SSSR count). The average Bonchev–Trinajstić information content (AvgIpc) is 2.41. The first-order chi connectivity index (χ1) is 9.56. The summed E-state index contributed by atoms with van der Waals surface area (Å²) in [5.74, 6) is -2.86. The van der Waals surface area contributed by atoms with E-state index in [2.05, 4.69) is 9.97 Å². The second-order valence-electron chi connectivity index (χ2n) is 4.18. The standard InChI is InChI=1S/C14H7F3N2O/c15-9-4-2-1-3-7(9)13-18-12-6-11(17)10(16)5-8(12)14(20)19-13/h1-6H,(H,18,19,20). The second kappa shape index (κ2) is 4.48. The summed E-state index contributed by atoms with van der Waals surface area (Å²) in [6.45, 7) is 0. The van der Waals surface area contributed by atoms with Gasteiger partial charge in [0.15, 0.2) is 11.6 Å². The Morgan fingerprint density at radius 2 is 1.65 bits per heavy atom. The van der Waals surface area contributed by atoms with Crippen LogP contribution in [0.15, 0.2) is 41.2 Å². The average molecular weight is 276 g/mol. The number of hydrogen-bond acceptors (Lipinski definition) is 2. The van der Waals surface area contributed by atoms with Gasteiger partial charge in [-0.3, -0.25) is 4.79 Å². The minimum atomic E-state index is -1.14. The highest BCUT2D eigenvalue weighted by molar-refractivity contribution is 5.79. The van der Waals surface area contributed by atoms with Gasteiger partial charge >= 0.3 is 0 Å².